The van der Waals surface area contributed by atoms with Gasteiger partial charge in [0.25, 0.3) is 0 Å². The van der Waals surface area contributed by atoms with Gasteiger partial charge in [0.1, 0.15) is 0 Å². The molecule has 4 aromatic rings. The Bertz CT molecular complexity index is 1260. The molecule has 0 radical (unpaired) electrons. The lowest BCUT2D eigenvalue weighted by atomic mass is 10.1. The number of nitrogens with zero attached hydrogens (tertiary/aromatic N) is 6. The summed E-state index contributed by atoms with van der Waals surface area (Å²) in [6.45, 7) is 3.12. The highest BCUT2D eigenvalue weighted by Crippen LogP contribution is 2.36. The van der Waals surface area contributed by atoms with Gasteiger partial charge in [-0.25, -0.2) is 14.6 Å². The SMILES string of the molecule is Cc1ccccc1Cn1nnc2c(N3CC[C@H](O)C3)nc(C(F)(F)c3ccccc3)nc21. The zero-order chi connectivity index (χ0) is 22.3. The Morgan fingerprint density at radius 3 is 2.53 bits per heavy atom. The molecule has 3 heterocycles. The van der Waals surface area contributed by atoms with Crippen molar-refractivity contribution >= 4 is 17.0 Å². The van der Waals surface area contributed by atoms with Gasteiger partial charge in [0.05, 0.1) is 12.6 Å². The molecule has 164 valence electrons. The first-order chi connectivity index (χ1) is 15.4. The Kier molecular flexibility index (Phi) is 5.05. The number of aryl methyl sites for hydroxylation is 1. The van der Waals surface area contributed by atoms with Crippen molar-refractivity contribution in [3.63, 3.8) is 0 Å². The Labute approximate surface area is 183 Å². The summed E-state index contributed by atoms with van der Waals surface area (Å²) < 4.78 is 32.4. The van der Waals surface area contributed by atoms with Gasteiger partial charge in [0.15, 0.2) is 17.0 Å². The molecule has 2 aromatic carbocycles. The van der Waals surface area contributed by atoms with Crippen molar-refractivity contribution < 1.29 is 13.9 Å². The molecular weight excluding hydrogens is 414 g/mol. The third-order valence-electron chi connectivity index (χ3n) is 5.81. The predicted octanol–water partition coefficient (Wildman–Crippen LogP) is 3.29. The van der Waals surface area contributed by atoms with E-state index in [0.717, 1.165) is 11.1 Å². The number of benzene rings is 2. The van der Waals surface area contributed by atoms with E-state index in [1.807, 2.05) is 31.2 Å². The molecule has 1 aliphatic rings. The molecule has 0 saturated carbocycles. The second-order valence-corrected chi connectivity index (χ2v) is 8.05. The molecule has 0 bridgehead atoms. The molecule has 1 fully saturated rings. The number of halogens is 2. The van der Waals surface area contributed by atoms with Crippen LogP contribution in [0.15, 0.2) is 54.6 Å². The first-order valence-corrected chi connectivity index (χ1v) is 10.5. The van der Waals surface area contributed by atoms with Crippen LogP contribution in [0.3, 0.4) is 0 Å². The van der Waals surface area contributed by atoms with Gasteiger partial charge < -0.3 is 10.0 Å². The van der Waals surface area contributed by atoms with Crippen LogP contribution in [0.2, 0.25) is 0 Å². The number of aromatic nitrogens is 5. The number of aliphatic hydroxyl groups excluding tert-OH is 1. The third-order valence-corrected chi connectivity index (χ3v) is 5.81. The molecule has 0 unspecified atom stereocenters. The molecule has 5 rings (SSSR count). The van der Waals surface area contributed by atoms with Crippen molar-refractivity contribution in [1.29, 1.82) is 0 Å². The molecule has 1 N–H and O–H groups in total. The lowest BCUT2D eigenvalue weighted by Gasteiger charge is -2.20. The van der Waals surface area contributed by atoms with E-state index in [1.165, 1.54) is 16.8 Å². The van der Waals surface area contributed by atoms with Crippen LogP contribution in [0.1, 0.15) is 28.9 Å². The van der Waals surface area contributed by atoms with Crippen LogP contribution in [0, 0.1) is 6.92 Å². The van der Waals surface area contributed by atoms with E-state index in [2.05, 4.69) is 20.3 Å². The minimum atomic E-state index is -3.40. The quantitative estimate of drug-likeness (QED) is 0.517. The van der Waals surface area contributed by atoms with Gasteiger partial charge in [-0.1, -0.05) is 59.8 Å². The third kappa shape index (κ3) is 3.58. The van der Waals surface area contributed by atoms with Crippen molar-refractivity contribution in [2.45, 2.75) is 31.9 Å². The first-order valence-electron chi connectivity index (χ1n) is 10.5. The Hall–Kier alpha value is -3.46. The molecule has 1 atom stereocenters. The van der Waals surface area contributed by atoms with Crippen LogP contribution in [0.5, 0.6) is 0 Å². The summed E-state index contributed by atoms with van der Waals surface area (Å²) in [7, 11) is 0. The van der Waals surface area contributed by atoms with Gasteiger partial charge in [-0.3, -0.25) is 0 Å². The van der Waals surface area contributed by atoms with Crippen LogP contribution in [0.25, 0.3) is 11.2 Å². The lowest BCUT2D eigenvalue weighted by Crippen LogP contribution is -2.26. The van der Waals surface area contributed by atoms with Crippen molar-refractivity contribution in [2.75, 3.05) is 18.0 Å². The fourth-order valence-electron chi connectivity index (χ4n) is 3.97. The van der Waals surface area contributed by atoms with E-state index in [0.29, 0.717) is 31.6 Å². The zero-order valence-corrected chi connectivity index (χ0v) is 17.5. The number of fused-ring (bicyclic) bond motifs is 1. The maximum atomic E-state index is 15.4. The molecule has 2 aromatic heterocycles. The number of hydrogen-bond donors (Lipinski definition) is 1. The molecule has 0 spiro atoms. The maximum absolute atomic E-state index is 15.4. The number of hydrogen-bond acceptors (Lipinski definition) is 6. The highest BCUT2D eigenvalue weighted by Gasteiger charge is 2.39. The standard InChI is InChI=1S/C23H22F2N6O/c1-15-7-5-6-8-16(15)13-31-21-19(28-29-31)20(30-12-11-18(32)14-30)26-22(27-21)23(24,25)17-9-3-2-4-10-17/h2-10,18,32H,11-14H2,1H3/t18-/m0/s1. The molecular formula is C23H22F2N6O. The van der Waals surface area contributed by atoms with Crippen LogP contribution < -0.4 is 4.90 Å². The predicted molar refractivity (Wildman–Crippen MR) is 116 cm³/mol. The van der Waals surface area contributed by atoms with Gasteiger partial charge in [0, 0.05) is 18.7 Å². The second kappa shape index (κ2) is 7.90. The second-order valence-electron chi connectivity index (χ2n) is 8.05. The van der Waals surface area contributed by atoms with Crippen molar-refractivity contribution in [3.8, 4) is 0 Å². The smallest absolute Gasteiger partial charge is 0.331 e. The maximum Gasteiger partial charge on any atom is 0.331 e. The largest absolute Gasteiger partial charge is 0.391 e. The van der Waals surface area contributed by atoms with Crippen molar-refractivity contribution in [2.24, 2.45) is 0 Å². The van der Waals surface area contributed by atoms with Crippen LogP contribution >= 0.6 is 0 Å². The summed E-state index contributed by atoms with van der Waals surface area (Å²) in [6.07, 6.45) is -0.00659. The number of rotatable bonds is 5. The molecule has 1 aliphatic heterocycles. The number of β-amino-alcohol motifs (C(OH)–C–C–N with tert-alkyl or cyclic N) is 1. The minimum Gasteiger partial charge on any atom is -0.391 e. The summed E-state index contributed by atoms with van der Waals surface area (Å²) in [4.78, 5) is 10.3. The van der Waals surface area contributed by atoms with Crippen LogP contribution in [-0.4, -0.2) is 49.3 Å². The number of aliphatic hydroxyl groups is 1. The van der Waals surface area contributed by atoms with Gasteiger partial charge in [-0.2, -0.15) is 8.78 Å². The summed E-state index contributed by atoms with van der Waals surface area (Å²) in [6, 6.07) is 15.3. The average Bonchev–Trinajstić information content (AvgIpc) is 3.41. The summed E-state index contributed by atoms with van der Waals surface area (Å²) in [5.74, 6) is -3.74. The normalized spacial score (nSPS) is 16.8. The van der Waals surface area contributed by atoms with Crippen LogP contribution in [0.4, 0.5) is 14.6 Å². The highest BCUT2D eigenvalue weighted by molar-refractivity contribution is 5.83. The summed E-state index contributed by atoms with van der Waals surface area (Å²) >= 11 is 0. The van der Waals surface area contributed by atoms with E-state index in [9.17, 15) is 5.11 Å². The van der Waals surface area contributed by atoms with Crippen molar-refractivity contribution in [1.82, 2.24) is 25.0 Å². The first kappa shape index (κ1) is 20.4. The molecule has 1 saturated heterocycles. The molecule has 0 aliphatic carbocycles. The minimum absolute atomic E-state index is 0.190. The lowest BCUT2D eigenvalue weighted by molar-refractivity contribution is 0.0332. The summed E-state index contributed by atoms with van der Waals surface area (Å²) in [5.41, 5.74) is 2.45. The van der Waals surface area contributed by atoms with E-state index in [-0.39, 0.29) is 17.0 Å². The Morgan fingerprint density at radius 2 is 1.81 bits per heavy atom. The molecule has 0 amide bonds. The Morgan fingerprint density at radius 1 is 1.06 bits per heavy atom. The Balaban J connectivity index is 1.66. The van der Waals surface area contributed by atoms with Crippen molar-refractivity contribution in [3.05, 3.63) is 77.1 Å². The zero-order valence-electron chi connectivity index (χ0n) is 17.5. The number of anilines is 1. The van der Waals surface area contributed by atoms with Gasteiger partial charge in [-0.05, 0) is 24.5 Å². The molecule has 9 heteroatoms. The van der Waals surface area contributed by atoms with E-state index < -0.39 is 17.9 Å². The van der Waals surface area contributed by atoms with Crippen LogP contribution in [-0.2, 0) is 12.5 Å². The average molecular weight is 436 g/mol. The van der Waals surface area contributed by atoms with E-state index >= 15 is 8.78 Å². The molecule has 7 nitrogen and oxygen atoms in total. The topological polar surface area (TPSA) is 80.0 Å². The fraction of sp³-hybridized carbons (Fsp3) is 0.304. The van der Waals surface area contributed by atoms with Gasteiger partial charge >= 0.3 is 5.92 Å². The fourth-order valence-corrected chi connectivity index (χ4v) is 3.97. The monoisotopic (exact) mass is 436 g/mol. The van der Waals surface area contributed by atoms with Gasteiger partial charge in [-0.15, -0.1) is 5.10 Å². The van der Waals surface area contributed by atoms with E-state index in [4.69, 9.17) is 0 Å². The highest BCUT2D eigenvalue weighted by atomic mass is 19.3. The van der Waals surface area contributed by atoms with Gasteiger partial charge in [0.2, 0.25) is 5.82 Å². The number of alkyl halides is 2. The van der Waals surface area contributed by atoms with E-state index in [1.54, 1.807) is 23.1 Å². The summed E-state index contributed by atoms with van der Waals surface area (Å²) in [5, 5.41) is 18.4. The molecule has 32 heavy (non-hydrogen) atoms.